The summed E-state index contributed by atoms with van der Waals surface area (Å²) in [4.78, 5) is 0. The molecule has 1 aromatic rings. The van der Waals surface area contributed by atoms with Crippen LogP contribution in [0, 0.1) is 0 Å². The number of hydrogen-bond donors (Lipinski definition) is 0. The number of ether oxygens (including phenoxy) is 1. The molecule has 13 heavy (non-hydrogen) atoms. The topological polar surface area (TPSA) is 9.23 Å². The van der Waals surface area contributed by atoms with Crippen molar-refractivity contribution in [1.29, 1.82) is 0 Å². The van der Waals surface area contributed by atoms with Gasteiger partial charge in [0.25, 0.3) is 6.08 Å². The van der Waals surface area contributed by atoms with E-state index >= 15 is 0 Å². The molecule has 1 aromatic carbocycles. The van der Waals surface area contributed by atoms with Crippen molar-refractivity contribution < 1.29 is 13.5 Å². The molecular formula is C10H10F2O. The first-order valence-electron chi connectivity index (χ1n) is 3.81. The van der Waals surface area contributed by atoms with Crippen LogP contribution >= 0.6 is 0 Å². The van der Waals surface area contributed by atoms with E-state index in [1.807, 2.05) is 0 Å². The van der Waals surface area contributed by atoms with Crippen molar-refractivity contribution >= 4 is 5.57 Å². The van der Waals surface area contributed by atoms with Crippen LogP contribution in [-0.4, -0.2) is 7.11 Å². The molecule has 0 heterocycles. The van der Waals surface area contributed by atoms with E-state index in [0.717, 1.165) is 0 Å². The molecule has 0 unspecified atom stereocenters. The van der Waals surface area contributed by atoms with Gasteiger partial charge in [-0.15, -0.1) is 0 Å². The third-order valence-electron chi connectivity index (χ3n) is 1.81. The lowest BCUT2D eigenvalue weighted by Crippen LogP contribution is -1.84. The summed E-state index contributed by atoms with van der Waals surface area (Å²) in [5.74, 6) is 0.663. The van der Waals surface area contributed by atoms with Crippen LogP contribution in [0.25, 0.3) is 5.57 Å². The van der Waals surface area contributed by atoms with Crippen LogP contribution in [-0.2, 0) is 0 Å². The maximum Gasteiger partial charge on any atom is 0.273 e. The van der Waals surface area contributed by atoms with Crippen LogP contribution in [0.1, 0.15) is 12.5 Å². The first-order valence-corrected chi connectivity index (χ1v) is 3.81. The highest BCUT2D eigenvalue weighted by molar-refractivity contribution is 5.64. The minimum Gasteiger partial charge on any atom is -0.497 e. The first kappa shape index (κ1) is 9.71. The van der Waals surface area contributed by atoms with Crippen molar-refractivity contribution in [3.63, 3.8) is 0 Å². The van der Waals surface area contributed by atoms with Gasteiger partial charge >= 0.3 is 0 Å². The molecule has 0 saturated heterocycles. The van der Waals surface area contributed by atoms with E-state index in [-0.39, 0.29) is 5.57 Å². The monoisotopic (exact) mass is 184 g/mol. The minimum atomic E-state index is -1.65. The summed E-state index contributed by atoms with van der Waals surface area (Å²) in [6.07, 6.45) is -1.65. The number of methoxy groups -OCH3 is 1. The van der Waals surface area contributed by atoms with E-state index in [1.165, 1.54) is 14.0 Å². The Bertz CT molecular complexity index is 310. The zero-order valence-electron chi connectivity index (χ0n) is 7.47. The van der Waals surface area contributed by atoms with Gasteiger partial charge in [-0.25, -0.2) is 0 Å². The van der Waals surface area contributed by atoms with Gasteiger partial charge in [-0.05, 0) is 24.6 Å². The molecule has 0 aromatic heterocycles. The van der Waals surface area contributed by atoms with Crippen molar-refractivity contribution in [2.45, 2.75) is 6.92 Å². The predicted molar refractivity (Wildman–Crippen MR) is 47.8 cm³/mol. The fourth-order valence-corrected chi connectivity index (χ4v) is 0.950. The SMILES string of the molecule is COc1ccc(C(C)=C(F)F)cc1. The molecule has 0 fully saturated rings. The Labute approximate surface area is 75.6 Å². The lowest BCUT2D eigenvalue weighted by molar-refractivity contribution is 0.414. The quantitative estimate of drug-likeness (QED) is 0.685. The van der Waals surface area contributed by atoms with E-state index in [9.17, 15) is 8.78 Å². The summed E-state index contributed by atoms with van der Waals surface area (Å²) in [5.41, 5.74) is 0.517. The van der Waals surface area contributed by atoms with Gasteiger partial charge in [0, 0.05) is 5.57 Å². The van der Waals surface area contributed by atoms with E-state index in [1.54, 1.807) is 24.3 Å². The van der Waals surface area contributed by atoms with Crippen molar-refractivity contribution in [2.75, 3.05) is 7.11 Å². The van der Waals surface area contributed by atoms with E-state index in [4.69, 9.17) is 4.74 Å². The lowest BCUT2D eigenvalue weighted by atomic mass is 10.1. The molecule has 0 radical (unpaired) electrons. The van der Waals surface area contributed by atoms with Crippen molar-refractivity contribution in [3.8, 4) is 5.75 Å². The molecule has 0 atom stereocenters. The Morgan fingerprint density at radius 3 is 2.08 bits per heavy atom. The second kappa shape index (κ2) is 4.03. The smallest absolute Gasteiger partial charge is 0.273 e. The molecule has 0 aliphatic carbocycles. The number of allylic oxidation sites excluding steroid dienone is 1. The van der Waals surface area contributed by atoms with Gasteiger partial charge in [-0.1, -0.05) is 12.1 Å². The summed E-state index contributed by atoms with van der Waals surface area (Å²) in [7, 11) is 1.54. The Morgan fingerprint density at radius 1 is 1.15 bits per heavy atom. The maximum absolute atomic E-state index is 12.1. The second-order valence-electron chi connectivity index (χ2n) is 2.61. The van der Waals surface area contributed by atoms with Crippen LogP contribution < -0.4 is 4.74 Å². The van der Waals surface area contributed by atoms with Gasteiger partial charge in [0.1, 0.15) is 5.75 Å². The highest BCUT2D eigenvalue weighted by Gasteiger charge is 2.02. The van der Waals surface area contributed by atoms with E-state index in [2.05, 4.69) is 0 Å². The fourth-order valence-electron chi connectivity index (χ4n) is 0.950. The van der Waals surface area contributed by atoms with Gasteiger partial charge in [-0.2, -0.15) is 8.78 Å². The van der Waals surface area contributed by atoms with Crippen LogP contribution in [0.3, 0.4) is 0 Å². The third kappa shape index (κ3) is 2.28. The van der Waals surface area contributed by atoms with Crippen LogP contribution in [0.15, 0.2) is 30.3 Å². The average Bonchev–Trinajstić information content (AvgIpc) is 2.17. The highest BCUT2D eigenvalue weighted by Crippen LogP contribution is 2.22. The third-order valence-corrected chi connectivity index (χ3v) is 1.81. The Kier molecular flexibility index (Phi) is 3.01. The summed E-state index contributed by atoms with van der Waals surface area (Å²) in [5, 5.41) is 0. The molecule has 0 amide bonds. The molecule has 0 aliphatic rings. The number of benzene rings is 1. The fraction of sp³-hybridized carbons (Fsp3) is 0.200. The minimum absolute atomic E-state index is 0.00246. The molecular weight excluding hydrogens is 174 g/mol. The summed E-state index contributed by atoms with van der Waals surface area (Å²) in [6.45, 7) is 1.39. The zero-order chi connectivity index (χ0) is 9.84. The summed E-state index contributed by atoms with van der Waals surface area (Å²) < 4.78 is 29.2. The van der Waals surface area contributed by atoms with Gasteiger partial charge in [0.05, 0.1) is 7.11 Å². The molecule has 1 nitrogen and oxygen atoms in total. The van der Waals surface area contributed by atoms with Crippen LogP contribution in [0.4, 0.5) is 8.78 Å². The highest BCUT2D eigenvalue weighted by atomic mass is 19.3. The van der Waals surface area contributed by atoms with Crippen molar-refractivity contribution in [2.24, 2.45) is 0 Å². The van der Waals surface area contributed by atoms with Gasteiger partial charge in [0.2, 0.25) is 0 Å². The number of rotatable bonds is 2. The molecule has 0 bridgehead atoms. The summed E-state index contributed by atoms with van der Waals surface area (Å²) >= 11 is 0. The van der Waals surface area contributed by atoms with E-state index in [0.29, 0.717) is 11.3 Å². The predicted octanol–water partition coefficient (Wildman–Crippen LogP) is 3.32. The van der Waals surface area contributed by atoms with Crippen LogP contribution in [0.2, 0.25) is 0 Å². The molecule has 0 N–H and O–H groups in total. The molecule has 0 spiro atoms. The zero-order valence-corrected chi connectivity index (χ0v) is 7.47. The van der Waals surface area contributed by atoms with Gasteiger partial charge in [0.15, 0.2) is 0 Å². The molecule has 0 aliphatic heterocycles. The number of hydrogen-bond acceptors (Lipinski definition) is 1. The van der Waals surface area contributed by atoms with E-state index < -0.39 is 6.08 Å². The van der Waals surface area contributed by atoms with Gasteiger partial charge in [-0.3, -0.25) is 0 Å². The van der Waals surface area contributed by atoms with Crippen molar-refractivity contribution in [1.82, 2.24) is 0 Å². The van der Waals surface area contributed by atoms with Crippen LogP contribution in [0.5, 0.6) is 5.75 Å². The molecule has 1 rings (SSSR count). The average molecular weight is 184 g/mol. The first-order chi connectivity index (χ1) is 6.15. The molecule has 0 saturated carbocycles. The Balaban J connectivity index is 2.99. The lowest BCUT2D eigenvalue weighted by Gasteiger charge is -2.02. The standard InChI is InChI=1S/C10H10F2O/c1-7(10(11)12)8-3-5-9(13-2)6-4-8/h3-6H,1-2H3. The summed E-state index contributed by atoms with van der Waals surface area (Å²) in [6, 6.07) is 6.52. The largest absolute Gasteiger partial charge is 0.497 e. The Hall–Kier alpha value is -1.38. The Morgan fingerprint density at radius 2 is 1.69 bits per heavy atom. The normalized spacial score (nSPS) is 9.54. The molecule has 3 heteroatoms. The van der Waals surface area contributed by atoms with Crippen molar-refractivity contribution in [3.05, 3.63) is 35.9 Å². The second-order valence-corrected chi connectivity index (χ2v) is 2.61. The van der Waals surface area contributed by atoms with Gasteiger partial charge < -0.3 is 4.74 Å². The molecule has 70 valence electrons. The number of halogens is 2. The maximum atomic E-state index is 12.1.